The Morgan fingerprint density at radius 2 is 1.93 bits per heavy atom. The average Bonchev–Trinajstić information content (AvgIpc) is 2.95. The molecule has 0 unspecified atom stereocenters. The largest absolute Gasteiger partial charge is 0.459 e. The minimum atomic E-state index is -0.493. The molecule has 7 nitrogen and oxygen atoms in total. The number of carbonyl (C=O) groups is 1. The van der Waals surface area contributed by atoms with Crippen molar-refractivity contribution >= 4 is 23.3 Å². The number of nitrogens with zero attached hydrogens (tertiary/aromatic N) is 2. The highest BCUT2D eigenvalue weighted by Gasteiger charge is 2.25. The molecule has 8 heteroatoms. The Bertz CT molecular complexity index is 1110. The molecule has 3 aromatic rings. The molecule has 1 heterocycles. The number of nitro groups is 1. The molecule has 0 aliphatic heterocycles. The van der Waals surface area contributed by atoms with Crippen molar-refractivity contribution in [3.63, 3.8) is 0 Å². The Morgan fingerprint density at radius 3 is 2.59 bits per heavy atom. The van der Waals surface area contributed by atoms with E-state index in [2.05, 4.69) is 5.10 Å². The van der Waals surface area contributed by atoms with Crippen LogP contribution in [0.1, 0.15) is 35.6 Å². The first-order valence-corrected chi connectivity index (χ1v) is 9.43. The van der Waals surface area contributed by atoms with Crippen molar-refractivity contribution in [1.29, 1.82) is 0 Å². The fourth-order valence-electron chi connectivity index (χ4n) is 3.24. The molecule has 0 fully saturated rings. The molecule has 150 valence electrons. The third-order valence-electron chi connectivity index (χ3n) is 4.47. The van der Waals surface area contributed by atoms with E-state index in [-0.39, 0.29) is 17.4 Å². The lowest BCUT2D eigenvalue weighted by atomic mass is 10.0. The lowest BCUT2D eigenvalue weighted by Gasteiger charge is -2.09. The van der Waals surface area contributed by atoms with Crippen LogP contribution in [-0.2, 0) is 4.74 Å². The van der Waals surface area contributed by atoms with E-state index in [4.69, 9.17) is 16.3 Å². The van der Waals surface area contributed by atoms with Gasteiger partial charge in [0.1, 0.15) is 0 Å². The Kier molecular flexibility index (Phi) is 5.70. The number of halogens is 1. The second-order valence-electron chi connectivity index (χ2n) is 6.96. The summed E-state index contributed by atoms with van der Waals surface area (Å²) in [6.45, 7) is 7.34. The van der Waals surface area contributed by atoms with Gasteiger partial charge in [0.15, 0.2) is 0 Å². The van der Waals surface area contributed by atoms with E-state index in [0.29, 0.717) is 10.7 Å². The Labute approximate surface area is 173 Å². The van der Waals surface area contributed by atoms with E-state index in [9.17, 15) is 14.9 Å². The molecule has 0 saturated carbocycles. The lowest BCUT2D eigenvalue weighted by Crippen LogP contribution is -2.35. The SMILES string of the molecule is Cc1[nH][n+](-c2ccc(Cl)c(C(=O)OC(C)C)c2)c(C)c1-c1cccc([N+](=O)[O-])c1. The molecule has 0 amide bonds. The summed E-state index contributed by atoms with van der Waals surface area (Å²) in [7, 11) is 0. The van der Waals surface area contributed by atoms with Crippen LogP contribution < -0.4 is 4.68 Å². The van der Waals surface area contributed by atoms with Crippen molar-refractivity contribution < 1.29 is 19.1 Å². The standard InChI is InChI=1S/C21H20ClN3O4/c1-12(2)29-21(26)18-11-16(8-9-19(18)22)24-14(4)20(13(3)23-24)15-6-5-7-17(10-15)25(27)28/h5-12H,1-4H3/p+1. The van der Waals surface area contributed by atoms with Gasteiger partial charge >= 0.3 is 5.97 Å². The monoisotopic (exact) mass is 414 g/mol. The molecule has 1 aromatic heterocycles. The number of rotatable bonds is 5. The Morgan fingerprint density at radius 1 is 1.21 bits per heavy atom. The second kappa shape index (κ2) is 8.05. The van der Waals surface area contributed by atoms with Crippen LogP contribution >= 0.6 is 11.6 Å². The first-order valence-electron chi connectivity index (χ1n) is 9.06. The summed E-state index contributed by atoms with van der Waals surface area (Å²) in [5.74, 6) is -0.493. The van der Waals surface area contributed by atoms with E-state index in [0.717, 1.165) is 22.5 Å². The van der Waals surface area contributed by atoms with Gasteiger partial charge in [0, 0.05) is 31.2 Å². The maximum atomic E-state index is 12.3. The number of nitro benzene ring substituents is 1. The number of H-pyrrole nitrogens is 1. The van der Waals surface area contributed by atoms with Crippen molar-refractivity contribution in [2.75, 3.05) is 0 Å². The number of benzene rings is 2. The van der Waals surface area contributed by atoms with E-state index >= 15 is 0 Å². The van der Waals surface area contributed by atoms with Gasteiger partial charge in [-0.3, -0.25) is 10.1 Å². The Hall–Kier alpha value is -3.19. The van der Waals surface area contributed by atoms with Crippen molar-refractivity contribution in [2.45, 2.75) is 33.8 Å². The molecule has 29 heavy (non-hydrogen) atoms. The van der Waals surface area contributed by atoms with Gasteiger partial charge in [-0.05, 0) is 32.4 Å². The number of aryl methyl sites for hydroxylation is 1. The van der Waals surface area contributed by atoms with Crippen LogP contribution in [0, 0.1) is 24.0 Å². The molecule has 0 bridgehead atoms. The number of nitrogens with one attached hydrogen (secondary N) is 1. The number of esters is 1. The molecular formula is C21H21ClN3O4+. The number of aromatic nitrogens is 2. The first kappa shape index (κ1) is 20.5. The van der Waals surface area contributed by atoms with Crippen molar-refractivity contribution in [3.8, 4) is 16.8 Å². The summed E-state index contributed by atoms with van der Waals surface area (Å²) in [5.41, 5.74) is 4.26. The van der Waals surface area contributed by atoms with Gasteiger partial charge in [-0.25, -0.2) is 4.79 Å². The van der Waals surface area contributed by atoms with Crippen LogP contribution in [0.4, 0.5) is 5.69 Å². The van der Waals surface area contributed by atoms with Crippen LogP contribution in [0.15, 0.2) is 42.5 Å². The van der Waals surface area contributed by atoms with E-state index < -0.39 is 10.9 Å². The first-order chi connectivity index (χ1) is 13.7. The van der Waals surface area contributed by atoms with Crippen molar-refractivity contribution in [3.05, 3.63) is 74.6 Å². The fraction of sp³-hybridized carbons (Fsp3) is 0.238. The maximum absolute atomic E-state index is 12.3. The topological polar surface area (TPSA) is 89.1 Å². The predicted octanol–water partition coefficient (Wildman–Crippen LogP) is 4.70. The van der Waals surface area contributed by atoms with Crippen LogP contribution in [0.2, 0.25) is 5.02 Å². The summed E-state index contributed by atoms with van der Waals surface area (Å²) in [5, 5.41) is 14.7. The highest BCUT2D eigenvalue weighted by atomic mass is 35.5. The van der Waals surface area contributed by atoms with Crippen LogP contribution in [0.3, 0.4) is 0 Å². The van der Waals surface area contributed by atoms with Crippen LogP contribution in [-0.4, -0.2) is 22.1 Å². The molecule has 0 radical (unpaired) electrons. The highest BCUT2D eigenvalue weighted by molar-refractivity contribution is 6.33. The number of non-ortho nitro benzene ring substituents is 1. The maximum Gasteiger partial charge on any atom is 0.340 e. The lowest BCUT2D eigenvalue weighted by molar-refractivity contribution is -0.661. The third kappa shape index (κ3) is 4.14. The summed E-state index contributed by atoms with van der Waals surface area (Å²) in [4.78, 5) is 23.1. The number of hydrogen-bond donors (Lipinski definition) is 1. The zero-order valence-corrected chi connectivity index (χ0v) is 17.3. The number of hydrogen-bond acceptors (Lipinski definition) is 4. The third-order valence-corrected chi connectivity index (χ3v) is 4.80. The minimum absolute atomic E-state index is 0.0271. The van der Waals surface area contributed by atoms with Gasteiger partial charge < -0.3 is 4.74 Å². The van der Waals surface area contributed by atoms with Gasteiger partial charge in [-0.2, -0.15) is 5.10 Å². The summed E-state index contributed by atoms with van der Waals surface area (Å²) >= 11 is 6.20. The van der Waals surface area contributed by atoms with Gasteiger partial charge in [0.05, 0.1) is 32.9 Å². The minimum Gasteiger partial charge on any atom is -0.459 e. The average molecular weight is 415 g/mol. The number of ether oxygens (including phenoxy) is 1. The molecule has 0 saturated heterocycles. The van der Waals surface area contributed by atoms with Gasteiger partial charge in [-0.15, -0.1) is 0 Å². The highest BCUT2D eigenvalue weighted by Crippen LogP contribution is 2.29. The summed E-state index contributed by atoms with van der Waals surface area (Å²) < 4.78 is 7.08. The van der Waals surface area contributed by atoms with E-state index in [1.165, 1.54) is 6.07 Å². The fourth-order valence-corrected chi connectivity index (χ4v) is 3.43. The second-order valence-corrected chi connectivity index (χ2v) is 7.37. The number of aromatic amines is 1. The molecule has 0 spiro atoms. The smallest absolute Gasteiger partial charge is 0.340 e. The van der Waals surface area contributed by atoms with E-state index in [1.54, 1.807) is 44.2 Å². The molecule has 2 aromatic carbocycles. The molecular weight excluding hydrogens is 394 g/mol. The van der Waals surface area contributed by atoms with Crippen molar-refractivity contribution in [2.24, 2.45) is 0 Å². The molecule has 0 aliphatic carbocycles. The number of carbonyl (C=O) groups excluding carboxylic acids is 1. The zero-order chi connectivity index (χ0) is 21.3. The van der Waals surface area contributed by atoms with Gasteiger partial charge in [0.25, 0.3) is 5.69 Å². The van der Waals surface area contributed by atoms with E-state index in [1.807, 2.05) is 24.6 Å². The molecule has 0 aliphatic rings. The van der Waals surface area contributed by atoms with Crippen LogP contribution in [0.5, 0.6) is 0 Å². The zero-order valence-electron chi connectivity index (χ0n) is 16.5. The van der Waals surface area contributed by atoms with Crippen LogP contribution in [0.25, 0.3) is 16.8 Å². The van der Waals surface area contributed by atoms with Crippen molar-refractivity contribution in [1.82, 2.24) is 5.10 Å². The Balaban J connectivity index is 2.08. The quantitative estimate of drug-likeness (QED) is 0.283. The molecule has 3 rings (SSSR count). The summed E-state index contributed by atoms with van der Waals surface area (Å²) in [6, 6.07) is 11.6. The van der Waals surface area contributed by atoms with Gasteiger partial charge in [-0.1, -0.05) is 28.4 Å². The normalized spacial score (nSPS) is 11.0. The summed E-state index contributed by atoms with van der Waals surface area (Å²) in [6.07, 6.45) is -0.259. The molecule has 1 N–H and O–H groups in total. The van der Waals surface area contributed by atoms with Gasteiger partial charge in [0.2, 0.25) is 11.4 Å². The molecule has 0 atom stereocenters. The predicted molar refractivity (Wildman–Crippen MR) is 109 cm³/mol.